The maximum atomic E-state index is 13.5. The lowest BCUT2D eigenvalue weighted by atomic mass is 9.76. The molecule has 6 rings (SSSR count). The van der Waals surface area contributed by atoms with Gasteiger partial charge >= 0.3 is 6.03 Å². The van der Waals surface area contributed by atoms with E-state index >= 15 is 0 Å². The Hall–Kier alpha value is -3.30. The Morgan fingerprint density at radius 1 is 0.925 bits per heavy atom. The summed E-state index contributed by atoms with van der Waals surface area (Å²) in [5.74, 6) is -0.337. The summed E-state index contributed by atoms with van der Waals surface area (Å²) in [6, 6.07) is 13.4. The number of piperazine rings is 1. The van der Waals surface area contributed by atoms with Gasteiger partial charge in [-0.15, -0.1) is 0 Å². The minimum atomic E-state index is -0.509. The van der Waals surface area contributed by atoms with E-state index in [-0.39, 0.29) is 24.8 Å². The fraction of sp³-hybridized carbons (Fsp3) is 0.500. The van der Waals surface area contributed by atoms with E-state index in [1.165, 1.54) is 29.8 Å². The number of halogens is 1. The van der Waals surface area contributed by atoms with Crippen molar-refractivity contribution in [1.29, 1.82) is 0 Å². The number of nitrogens with zero attached hydrogens (tertiary/aromatic N) is 4. The number of imide groups is 1. The number of amides is 4. The van der Waals surface area contributed by atoms with Crippen LogP contribution in [0, 0.1) is 5.41 Å². The van der Waals surface area contributed by atoms with Crippen LogP contribution in [0.3, 0.4) is 0 Å². The lowest BCUT2D eigenvalue weighted by molar-refractivity contribution is -0.120. The van der Waals surface area contributed by atoms with Crippen molar-refractivity contribution in [2.45, 2.75) is 44.6 Å². The van der Waals surface area contributed by atoms with Gasteiger partial charge < -0.3 is 15.5 Å². The van der Waals surface area contributed by atoms with Gasteiger partial charge in [0.05, 0.1) is 10.7 Å². The van der Waals surface area contributed by atoms with E-state index in [1.54, 1.807) is 18.2 Å². The van der Waals surface area contributed by atoms with Gasteiger partial charge in [0.2, 0.25) is 5.91 Å². The second kappa shape index (κ2) is 10.9. The Balaban J connectivity index is 1.03. The van der Waals surface area contributed by atoms with E-state index in [9.17, 15) is 14.4 Å². The van der Waals surface area contributed by atoms with Crippen molar-refractivity contribution in [3.8, 4) is 0 Å². The van der Waals surface area contributed by atoms with Crippen LogP contribution >= 0.6 is 11.6 Å². The molecule has 4 aliphatic rings. The average Bonchev–Trinajstić information content (AvgIpc) is 3.37. The molecule has 3 saturated heterocycles. The van der Waals surface area contributed by atoms with Crippen molar-refractivity contribution in [2.24, 2.45) is 5.41 Å². The van der Waals surface area contributed by atoms with E-state index in [2.05, 4.69) is 27.2 Å². The van der Waals surface area contributed by atoms with Gasteiger partial charge in [-0.1, -0.05) is 11.6 Å². The molecular formula is C30H37ClN6O3. The summed E-state index contributed by atoms with van der Waals surface area (Å²) in [5, 5.41) is 2.70. The zero-order valence-electron chi connectivity index (χ0n) is 22.8. The Morgan fingerprint density at radius 2 is 1.65 bits per heavy atom. The molecule has 212 valence electrons. The van der Waals surface area contributed by atoms with Crippen molar-refractivity contribution in [1.82, 2.24) is 15.1 Å². The van der Waals surface area contributed by atoms with Gasteiger partial charge in [-0.25, -0.2) is 4.79 Å². The molecule has 0 bridgehead atoms. The van der Waals surface area contributed by atoms with Crippen LogP contribution < -0.4 is 20.9 Å². The molecule has 9 nitrogen and oxygen atoms in total. The molecule has 1 atom stereocenters. The van der Waals surface area contributed by atoms with Crippen molar-refractivity contribution in [2.75, 3.05) is 61.3 Å². The molecule has 2 aromatic rings. The number of nitrogen functional groups attached to an aromatic ring is 1. The summed E-state index contributed by atoms with van der Waals surface area (Å²) in [5.41, 5.74) is 9.20. The molecule has 10 heteroatoms. The molecule has 4 amide bonds. The Morgan fingerprint density at radius 3 is 2.35 bits per heavy atom. The van der Waals surface area contributed by atoms with Gasteiger partial charge in [-0.05, 0) is 80.0 Å². The fourth-order valence-electron chi connectivity index (χ4n) is 6.99. The molecule has 1 spiro atoms. The normalized spacial score (nSPS) is 23.5. The predicted octanol–water partition coefficient (Wildman–Crippen LogP) is 3.97. The lowest BCUT2D eigenvalue weighted by Gasteiger charge is -2.42. The molecule has 1 saturated carbocycles. The second-order valence-electron chi connectivity index (χ2n) is 11.7. The molecule has 1 aliphatic carbocycles. The van der Waals surface area contributed by atoms with Crippen LogP contribution in [0.25, 0.3) is 0 Å². The first-order valence-electron chi connectivity index (χ1n) is 14.3. The number of rotatable bonds is 4. The smallest absolute Gasteiger partial charge is 0.328 e. The first kappa shape index (κ1) is 26.9. The number of nitrogens with one attached hydrogen (secondary N) is 1. The topological polar surface area (TPSA) is 102 Å². The van der Waals surface area contributed by atoms with E-state index < -0.39 is 6.03 Å². The third kappa shape index (κ3) is 5.37. The highest BCUT2D eigenvalue weighted by atomic mass is 35.5. The Kier molecular flexibility index (Phi) is 7.35. The van der Waals surface area contributed by atoms with E-state index in [0.29, 0.717) is 27.7 Å². The Bertz CT molecular complexity index is 1280. The minimum absolute atomic E-state index is 0.0328. The molecule has 0 radical (unpaired) electrons. The monoisotopic (exact) mass is 564 g/mol. The van der Waals surface area contributed by atoms with Crippen molar-refractivity contribution in [3.05, 3.63) is 53.1 Å². The van der Waals surface area contributed by atoms with Crippen LogP contribution in [0.5, 0.6) is 0 Å². The molecule has 4 fully saturated rings. The SMILES string of the molecule is Nc1ccc(N2CCN(C3CCC4(CCN(C(=O)c5ccc(Cl)c(N6CCC(=O)NC6=O)c5)CC4)C3)CC2)cc1. The zero-order valence-corrected chi connectivity index (χ0v) is 23.5. The number of benzene rings is 2. The number of likely N-dealkylation sites (tertiary alicyclic amines) is 1. The van der Waals surface area contributed by atoms with Crippen LogP contribution in [0.15, 0.2) is 42.5 Å². The van der Waals surface area contributed by atoms with Crippen LogP contribution in [-0.2, 0) is 4.79 Å². The number of carbonyl (C=O) groups excluding carboxylic acids is 3. The molecule has 3 heterocycles. The Labute approximate surface area is 240 Å². The van der Waals surface area contributed by atoms with Gasteiger partial charge in [-0.3, -0.25) is 24.7 Å². The van der Waals surface area contributed by atoms with Crippen molar-refractivity contribution in [3.63, 3.8) is 0 Å². The quantitative estimate of drug-likeness (QED) is 0.545. The summed E-state index contributed by atoms with van der Waals surface area (Å²) < 4.78 is 0. The molecule has 3 aliphatic heterocycles. The van der Waals surface area contributed by atoms with Crippen LogP contribution in [0.4, 0.5) is 21.9 Å². The minimum Gasteiger partial charge on any atom is -0.399 e. The number of hydrogen-bond acceptors (Lipinski definition) is 6. The maximum Gasteiger partial charge on any atom is 0.328 e. The van der Waals surface area contributed by atoms with Gasteiger partial charge in [0.15, 0.2) is 0 Å². The lowest BCUT2D eigenvalue weighted by Crippen LogP contribution is -2.50. The third-order valence-corrected chi connectivity index (χ3v) is 9.73. The molecule has 2 aromatic carbocycles. The standard InChI is InChI=1S/C30H37ClN6O3/c31-25-6-1-21(19-26(25)37-12-8-27(38)33-29(37)40)28(39)36-13-10-30(11-14-36)9-7-24(20-30)35-17-15-34(16-18-35)23-4-2-22(32)3-5-23/h1-6,19,24H,7-18,20,32H2,(H,33,38,40). The molecule has 1 unspecified atom stereocenters. The summed E-state index contributed by atoms with van der Waals surface area (Å²) in [4.78, 5) is 45.8. The highest BCUT2D eigenvalue weighted by Crippen LogP contribution is 2.48. The maximum absolute atomic E-state index is 13.5. The summed E-state index contributed by atoms with van der Waals surface area (Å²) in [6.07, 6.45) is 5.93. The molecule has 3 N–H and O–H groups in total. The highest BCUT2D eigenvalue weighted by molar-refractivity contribution is 6.34. The number of urea groups is 1. The fourth-order valence-corrected chi connectivity index (χ4v) is 7.21. The van der Waals surface area contributed by atoms with Gasteiger partial charge in [-0.2, -0.15) is 0 Å². The zero-order chi connectivity index (χ0) is 27.9. The van der Waals surface area contributed by atoms with E-state index in [1.807, 2.05) is 17.0 Å². The largest absolute Gasteiger partial charge is 0.399 e. The van der Waals surface area contributed by atoms with Crippen LogP contribution in [0.1, 0.15) is 48.9 Å². The third-order valence-electron chi connectivity index (χ3n) is 9.41. The predicted molar refractivity (Wildman–Crippen MR) is 157 cm³/mol. The van der Waals surface area contributed by atoms with Gasteiger partial charge in [0, 0.05) is 75.2 Å². The molecule has 40 heavy (non-hydrogen) atoms. The molecular weight excluding hydrogens is 528 g/mol. The number of anilines is 3. The summed E-state index contributed by atoms with van der Waals surface area (Å²) in [6.45, 7) is 5.96. The van der Waals surface area contributed by atoms with Gasteiger partial charge in [0.1, 0.15) is 0 Å². The first-order valence-corrected chi connectivity index (χ1v) is 14.7. The van der Waals surface area contributed by atoms with Gasteiger partial charge in [0.25, 0.3) is 5.91 Å². The average molecular weight is 565 g/mol. The number of nitrogens with two attached hydrogens (primary N) is 1. The highest BCUT2D eigenvalue weighted by Gasteiger charge is 2.44. The van der Waals surface area contributed by atoms with Crippen LogP contribution in [-0.4, -0.2) is 79.5 Å². The van der Waals surface area contributed by atoms with E-state index in [0.717, 1.165) is 57.8 Å². The number of carbonyl (C=O) groups is 3. The number of piperidine rings is 1. The van der Waals surface area contributed by atoms with Crippen LogP contribution in [0.2, 0.25) is 5.02 Å². The first-order chi connectivity index (χ1) is 19.3. The van der Waals surface area contributed by atoms with Crippen molar-refractivity contribution < 1.29 is 14.4 Å². The summed E-state index contributed by atoms with van der Waals surface area (Å²) in [7, 11) is 0. The summed E-state index contributed by atoms with van der Waals surface area (Å²) >= 11 is 6.38. The van der Waals surface area contributed by atoms with Crippen molar-refractivity contribution >= 4 is 46.5 Å². The molecule has 0 aromatic heterocycles. The number of hydrogen-bond donors (Lipinski definition) is 2. The second-order valence-corrected chi connectivity index (χ2v) is 12.1. The van der Waals surface area contributed by atoms with E-state index in [4.69, 9.17) is 17.3 Å².